The molecule has 0 unspecified atom stereocenters. The summed E-state index contributed by atoms with van der Waals surface area (Å²) in [5.41, 5.74) is 11.4. The van der Waals surface area contributed by atoms with Crippen LogP contribution in [-0.2, 0) is 0 Å². The molecule has 1 aromatic rings. The van der Waals surface area contributed by atoms with Crippen LogP contribution in [-0.4, -0.2) is 24.7 Å². The maximum absolute atomic E-state index is 11.1. The van der Waals surface area contributed by atoms with E-state index in [2.05, 4.69) is 0 Å². The van der Waals surface area contributed by atoms with Crippen molar-refractivity contribution in [1.82, 2.24) is 0 Å². The van der Waals surface area contributed by atoms with Gasteiger partial charge in [-0.25, -0.2) is 0 Å². The fourth-order valence-corrected chi connectivity index (χ4v) is 1.08. The van der Waals surface area contributed by atoms with Crippen LogP contribution < -0.4 is 11.5 Å². The van der Waals surface area contributed by atoms with Crippen molar-refractivity contribution >= 4 is 36.4 Å². The molecule has 0 fully saturated rings. The van der Waals surface area contributed by atoms with Gasteiger partial charge in [-0.05, 0) is 0 Å². The Bertz CT molecular complexity index is 317. The molecule has 0 saturated heterocycles. The van der Waals surface area contributed by atoms with Gasteiger partial charge in [0, 0.05) is 11.1 Å². The summed E-state index contributed by atoms with van der Waals surface area (Å²) in [4.78, 5) is 22.3. The molecule has 0 aromatic heterocycles. The van der Waals surface area contributed by atoms with Crippen LogP contribution in [0.2, 0.25) is 0 Å². The number of halogens is 2. The van der Waals surface area contributed by atoms with Gasteiger partial charge < -0.3 is 11.5 Å². The van der Waals surface area contributed by atoms with Crippen LogP contribution in [0.1, 0.15) is 20.7 Å². The lowest BCUT2D eigenvalue weighted by Crippen LogP contribution is -2.15. The third-order valence-corrected chi connectivity index (χ3v) is 1.90. The van der Waals surface area contributed by atoms with E-state index in [9.17, 15) is 9.59 Å². The number of Topliss-reactive ketones (excluding diaryl/α,β-unsaturated/α-hetero) is 2. The molecule has 4 N–H and O–H groups in total. The molecule has 0 aliphatic rings. The quantitative estimate of drug-likeness (QED) is 0.789. The standard InChI is InChI=1S/C10H12N2O2.2ClH/c11-5-9(13)7-1-2-8(4-3-7)10(14)6-12;;/h1-4H,5-6,11-12H2;2*1H. The van der Waals surface area contributed by atoms with Crippen molar-refractivity contribution in [2.75, 3.05) is 13.1 Å². The summed E-state index contributed by atoms with van der Waals surface area (Å²) < 4.78 is 0. The zero-order valence-corrected chi connectivity index (χ0v) is 10.1. The molecule has 16 heavy (non-hydrogen) atoms. The zero-order valence-electron chi connectivity index (χ0n) is 8.51. The fraction of sp³-hybridized carbons (Fsp3) is 0.200. The number of benzene rings is 1. The Morgan fingerprint density at radius 2 is 1.06 bits per heavy atom. The third-order valence-electron chi connectivity index (χ3n) is 1.90. The second kappa shape index (κ2) is 8.24. The molecular weight excluding hydrogens is 251 g/mol. The van der Waals surface area contributed by atoms with E-state index in [1.807, 2.05) is 0 Å². The molecule has 0 aliphatic heterocycles. The first-order chi connectivity index (χ1) is 6.69. The average Bonchev–Trinajstić information content (AvgIpc) is 2.27. The van der Waals surface area contributed by atoms with Gasteiger partial charge in [0.25, 0.3) is 0 Å². The SMILES string of the molecule is Cl.Cl.NCC(=O)c1ccc(C(=O)CN)cc1. The summed E-state index contributed by atoms with van der Waals surface area (Å²) in [6.45, 7) is -0.0473. The third kappa shape index (κ3) is 4.28. The number of hydrogen-bond acceptors (Lipinski definition) is 4. The van der Waals surface area contributed by atoms with E-state index in [4.69, 9.17) is 11.5 Å². The molecule has 0 bridgehead atoms. The Labute approximate surface area is 106 Å². The van der Waals surface area contributed by atoms with Crippen LogP contribution in [0.25, 0.3) is 0 Å². The Morgan fingerprint density at radius 1 is 0.812 bits per heavy atom. The molecule has 0 saturated carbocycles. The molecule has 6 heteroatoms. The maximum atomic E-state index is 11.1. The van der Waals surface area contributed by atoms with E-state index in [1.165, 1.54) is 0 Å². The molecular formula is C10H14Cl2N2O2. The van der Waals surface area contributed by atoms with E-state index in [0.717, 1.165) is 0 Å². The largest absolute Gasteiger partial charge is 0.324 e. The second-order valence-corrected chi connectivity index (χ2v) is 2.83. The maximum Gasteiger partial charge on any atom is 0.176 e. The minimum absolute atomic E-state index is 0. The van der Waals surface area contributed by atoms with Crippen molar-refractivity contribution in [3.8, 4) is 0 Å². The summed E-state index contributed by atoms with van der Waals surface area (Å²) in [6.07, 6.45) is 0. The van der Waals surface area contributed by atoms with Gasteiger partial charge in [-0.1, -0.05) is 24.3 Å². The monoisotopic (exact) mass is 264 g/mol. The topological polar surface area (TPSA) is 86.2 Å². The van der Waals surface area contributed by atoms with Gasteiger partial charge in [-0.3, -0.25) is 9.59 Å². The van der Waals surface area contributed by atoms with E-state index in [-0.39, 0.29) is 49.5 Å². The molecule has 1 rings (SSSR count). The van der Waals surface area contributed by atoms with Crippen LogP contribution >= 0.6 is 24.8 Å². The number of nitrogens with two attached hydrogens (primary N) is 2. The second-order valence-electron chi connectivity index (χ2n) is 2.83. The van der Waals surface area contributed by atoms with Crippen molar-refractivity contribution in [3.63, 3.8) is 0 Å². The molecule has 4 nitrogen and oxygen atoms in total. The number of carbonyl (C=O) groups is 2. The van der Waals surface area contributed by atoms with Crippen LogP contribution in [0.4, 0.5) is 0 Å². The molecule has 1 aromatic carbocycles. The number of rotatable bonds is 4. The van der Waals surface area contributed by atoms with Gasteiger partial charge in [0.15, 0.2) is 11.6 Å². The van der Waals surface area contributed by atoms with Gasteiger partial charge in [-0.2, -0.15) is 0 Å². The van der Waals surface area contributed by atoms with Crippen molar-refractivity contribution < 1.29 is 9.59 Å². The van der Waals surface area contributed by atoms with Gasteiger partial charge in [-0.15, -0.1) is 24.8 Å². The number of carbonyl (C=O) groups excluding carboxylic acids is 2. The minimum atomic E-state index is -0.142. The van der Waals surface area contributed by atoms with Crippen LogP contribution in [0.5, 0.6) is 0 Å². The van der Waals surface area contributed by atoms with Crippen LogP contribution in [0.3, 0.4) is 0 Å². The van der Waals surface area contributed by atoms with E-state index in [0.29, 0.717) is 11.1 Å². The molecule has 0 aliphatic carbocycles. The fourth-order valence-electron chi connectivity index (χ4n) is 1.08. The molecule has 0 amide bonds. The summed E-state index contributed by atoms with van der Waals surface area (Å²) in [5.74, 6) is -0.284. The van der Waals surface area contributed by atoms with Gasteiger partial charge >= 0.3 is 0 Å². The Kier molecular flexibility index (Phi) is 8.99. The highest BCUT2D eigenvalue weighted by Gasteiger charge is 2.05. The molecule has 0 atom stereocenters. The van der Waals surface area contributed by atoms with Crippen molar-refractivity contribution in [1.29, 1.82) is 0 Å². The van der Waals surface area contributed by atoms with E-state index >= 15 is 0 Å². The summed E-state index contributed by atoms with van der Waals surface area (Å²) >= 11 is 0. The molecule has 0 heterocycles. The number of ketones is 2. The highest BCUT2D eigenvalue weighted by molar-refractivity contribution is 6.00. The van der Waals surface area contributed by atoms with Gasteiger partial charge in [0.1, 0.15) is 0 Å². The van der Waals surface area contributed by atoms with E-state index < -0.39 is 0 Å². The lowest BCUT2D eigenvalue weighted by atomic mass is 10.1. The number of hydrogen-bond donors (Lipinski definition) is 2. The Hall–Kier alpha value is -0.940. The van der Waals surface area contributed by atoms with Gasteiger partial charge in [0.05, 0.1) is 13.1 Å². The first kappa shape index (κ1) is 17.5. The van der Waals surface area contributed by atoms with Crippen LogP contribution in [0.15, 0.2) is 24.3 Å². The highest BCUT2D eigenvalue weighted by atomic mass is 35.5. The van der Waals surface area contributed by atoms with E-state index in [1.54, 1.807) is 24.3 Å². The lowest BCUT2D eigenvalue weighted by Gasteiger charge is -2.00. The average molecular weight is 265 g/mol. The van der Waals surface area contributed by atoms with Crippen molar-refractivity contribution in [2.45, 2.75) is 0 Å². The first-order valence-corrected chi connectivity index (χ1v) is 4.25. The molecule has 0 radical (unpaired) electrons. The molecule has 0 spiro atoms. The van der Waals surface area contributed by atoms with Gasteiger partial charge in [0.2, 0.25) is 0 Å². The normalized spacial score (nSPS) is 8.62. The lowest BCUT2D eigenvalue weighted by molar-refractivity contribution is 0.0990. The summed E-state index contributed by atoms with van der Waals surface area (Å²) in [7, 11) is 0. The smallest absolute Gasteiger partial charge is 0.176 e. The van der Waals surface area contributed by atoms with Crippen molar-refractivity contribution in [2.24, 2.45) is 11.5 Å². The predicted molar refractivity (Wildman–Crippen MR) is 67.7 cm³/mol. The highest BCUT2D eigenvalue weighted by Crippen LogP contribution is 2.05. The first-order valence-electron chi connectivity index (χ1n) is 4.25. The Balaban J connectivity index is 0. The predicted octanol–water partition coefficient (Wildman–Crippen LogP) is 0.813. The minimum Gasteiger partial charge on any atom is -0.324 e. The zero-order chi connectivity index (χ0) is 10.6. The van der Waals surface area contributed by atoms with Crippen molar-refractivity contribution in [3.05, 3.63) is 35.4 Å². The summed E-state index contributed by atoms with van der Waals surface area (Å²) in [5, 5.41) is 0. The molecule has 90 valence electrons. The summed E-state index contributed by atoms with van der Waals surface area (Å²) in [6, 6.07) is 6.33. The Morgan fingerprint density at radius 3 is 1.25 bits per heavy atom. The van der Waals surface area contributed by atoms with Crippen LogP contribution in [0, 0.1) is 0 Å².